The number of carbonyl (C=O) groups excluding carboxylic acids is 1. The summed E-state index contributed by atoms with van der Waals surface area (Å²) in [5, 5.41) is 4.25. The van der Waals surface area contributed by atoms with Crippen LogP contribution in [0.15, 0.2) is 29.3 Å². The zero-order valence-corrected chi connectivity index (χ0v) is 18.5. The maximum Gasteiger partial charge on any atom is 0.226 e. The van der Waals surface area contributed by atoms with Gasteiger partial charge in [-0.15, -0.1) is 0 Å². The number of hydrogen-bond acceptors (Lipinski definition) is 3. The number of hydrogen-bond donors (Lipinski definition) is 1. The summed E-state index contributed by atoms with van der Waals surface area (Å²) in [5.41, 5.74) is 2.40. The van der Waals surface area contributed by atoms with Crippen LogP contribution in [0, 0.1) is 17.8 Å². The SMILES string of the molecule is CCc1ccc(NC(=O)CC2CSC(=NC34CC5CC(CC(C5)C3)C4)N2C)cc1. The fourth-order valence-electron chi connectivity index (χ4n) is 6.50. The van der Waals surface area contributed by atoms with Gasteiger partial charge in [0.2, 0.25) is 5.91 Å². The normalized spacial score (nSPS) is 36.8. The molecule has 5 heteroatoms. The minimum absolute atomic E-state index is 0.0998. The minimum Gasteiger partial charge on any atom is -0.350 e. The van der Waals surface area contributed by atoms with Crippen LogP contribution >= 0.6 is 11.8 Å². The summed E-state index contributed by atoms with van der Waals surface area (Å²) in [6, 6.07) is 8.42. The molecule has 5 fully saturated rings. The van der Waals surface area contributed by atoms with Crippen LogP contribution < -0.4 is 5.32 Å². The monoisotopic (exact) mass is 411 g/mol. The Hall–Kier alpha value is -1.49. The Bertz CT molecular complexity index is 768. The number of aliphatic imine (C=N–C) groups is 1. The summed E-state index contributed by atoms with van der Waals surface area (Å²) in [7, 11) is 2.13. The molecule has 0 radical (unpaired) electrons. The molecular weight excluding hydrogens is 378 g/mol. The Balaban J connectivity index is 1.21. The molecule has 156 valence electrons. The highest BCUT2D eigenvalue weighted by atomic mass is 32.2. The zero-order chi connectivity index (χ0) is 20.0. The van der Waals surface area contributed by atoms with E-state index in [9.17, 15) is 4.79 Å². The van der Waals surface area contributed by atoms with Gasteiger partial charge < -0.3 is 10.2 Å². The van der Waals surface area contributed by atoms with Gasteiger partial charge in [-0.1, -0.05) is 30.8 Å². The number of carbonyl (C=O) groups is 1. The molecule has 1 aromatic carbocycles. The predicted octanol–water partition coefficient (Wildman–Crippen LogP) is 4.95. The van der Waals surface area contributed by atoms with Crippen molar-refractivity contribution in [3.8, 4) is 0 Å². The molecular formula is C24H33N3OS. The number of anilines is 1. The van der Waals surface area contributed by atoms with Gasteiger partial charge in [-0.05, 0) is 80.4 Å². The second kappa shape index (κ2) is 7.64. The molecule has 1 atom stereocenters. The highest BCUT2D eigenvalue weighted by molar-refractivity contribution is 8.14. The van der Waals surface area contributed by atoms with Gasteiger partial charge in [0.05, 0.1) is 5.54 Å². The molecule has 4 bridgehead atoms. The molecule has 4 nitrogen and oxygen atoms in total. The van der Waals surface area contributed by atoms with Crippen LogP contribution in [-0.4, -0.2) is 40.4 Å². The summed E-state index contributed by atoms with van der Waals surface area (Å²) >= 11 is 1.86. The molecule has 1 heterocycles. The first-order valence-corrected chi connectivity index (χ1v) is 12.3. The Kier molecular flexibility index (Phi) is 5.13. The zero-order valence-electron chi connectivity index (χ0n) is 17.7. The number of aryl methyl sites for hydroxylation is 1. The van der Waals surface area contributed by atoms with Gasteiger partial charge in [0, 0.05) is 31.0 Å². The lowest BCUT2D eigenvalue weighted by Crippen LogP contribution is -2.50. The number of nitrogens with one attached hydrogen (secondary N) is 1. The average Bonchev–Trinajstić information content (AvgIpc) is 3.00. The van der Waals surface area contributed by atoms with Crippen molar-refractivity contribution < 1.29 is 4.79 Å². The summed E-state index contributed by atoms with van der Waals surface area (Å²) in [6.07, 6.45) is 9.81. The van der Waals surface area contributed by atoms with Crippen LogP contribution in [0.25, 0.3) is 0 Å². The van der Waals surface area contributed by atoms with Crippen LogP contribution in [-0.2, 0) is 11.2 Å². The third-order valence-electron chi connectivity index (χ3n) is 7.66. The molecule has 29 heavy (non-hydrogen) atoms. The summed E-state index contributed by atoms with van der Waals surface area (Å²) in [4.78, 5) is 20.3. The van der Waals surface area contributed by atoms with E-state index in [0.717, 1.165) is 35.6 Å². The minimum atomic E-state index is 0.0998. The van der Waals surface area contributed by atoms with Crippen LogP contribution in [0.4, 0.5) is 5.69 Å². The maximum atomic E-state index is 12.6. The van der Waals surface area contributed by atoms with Gasteiger partial charge in [0.1, 0.15) is 0 Å². The van der Waals surface area contributed by atoms with E-state index in [0.29, 0.717) is 6.42 Å². The summed E-state index contributed by atoms with van der Waals surface area (Å²) in [5.74, 6) is 3.82. The molecule has 0 spiro atoms. The number of benzene rings is 1. The summed E-state index contributed by atoms with van der Waals surface area (Å²) in [6.45, 7) is 2.14. The lowest BCUT2D eigenvalue weighted by atomic mass is 9.53. The quantitative estimate of drug-likeness (QED) is 0.746. The van der Waals surface area contributed by atoms with E-state index < -0.39 is 0 Å². The van der Waals surface area contributed by atoms with Gasteiger partial charge in [-0.3, -0.25) is 9.79 Å². The molecule has 4 saturated carbocycles. The fraction of sp³-hybridized carbons (Fsp3) is 0.667. The van der Waals surface area contributed by atoms with Crippen molar-refractivity contribution in [3.63, 3.8) is 0 Å². The first-order chi connectivity index (χ1) is 14.0. The number of amides is 1. The maximum absolute atomic E-state index is 12.6. The number of amidine groups is 1. The molecule has 1 amide bonds. The Labute approximate surface area is 178 Å². The molecule has 1 aliphatic heterocycles. The van der Waals surface area contributed by atoms with Crippen molar-refractivity contribution in [2.24, 2.45) is 22.7 Å². The van der Waals surface area contributed by atoms with Crippen molar-refractivity contribution >= 4 is 28.5 Å². The highest BCUT2D eigenvalue weighted by Gasteiger charge is 2.51. The molecule has 4 aliphatic carbocycles. The summed E-state index contributed by atoms with van der Waals surface area (Å²) < 4.78 is 0. The van der Waals surface area contributed by atoms with Crippen LogP contribution in [0.5, 0.6) is 0 Å². The lowest BCUT2D eigenvalue weighted by molar-refractivity contribution is -0.116. The Morgan fingerprint density at radius 1 is 1.14 bits per heavy atom. The van der Waals surface area contributed by atoms with E-state index in [4.69, 9.17) is 4.99 Å². The van der Waals surface area contributed by atoms with Crippen molar-refractivity contribution in [2.75, 3.05) is 18.1 Å². The largest absolute Gasteiger partial charge is 0.350 e. The number of nitrogens with zero attached hydrogens (tertiary/aromatic N) is 2. The van der Waals surface area contributed by atoms with E-state index >= 15 is 0 Å². The molecule has 0 aromatic heterocycles. The van der Waals surface area contributed by atoms with Gasteiger partial charge in [-0.2, -0.15) is 0 Å². The van der Waals surface area contributed by atoms with E-state index in [1.165, 1.54) is 49.3 Å². The van der Waals surface area contributed by atoms with Crippen molar-refractivity contribution in [2.45, 2.75) is 69.9 Å². The van der Waals surface area contributed by atoms with E-state index in [-0.39, 0.29) is 17.5 Å². The Morgan fingerprint density at radius 3 is 2.34 bits per heavy atom. The smallest absolute Gasteiger partial charge is 0.226 e. The first-order valence-electron chi connectivity index (χ1n) is 11.4. The molecule has 1 unspecified atom stereocenters. The third-order valence-corrected chi connectivity index (χ3v) is 8.85. The third kappa shape index (κ3) is 3.95. The fourth-order valence-corrected chi connectivity index (χ4v) is 7.80. The standard InChI is InChI=1S/C24H33N3OS/c1-3-16-4-6-20(7-5-16)25-22(28)11-21-15-29-23(27(21)2)26-24-12-17-8-18(13-24)10-19(9-17)14-24/h4-7,17-19,21H,3,8-15H2,1-2H3,(H,25,28). The van der Waals surface area contributed by atoms with Gasteiger partial charge in [-0.25, -0.2) is 0 Å². The highest BCUT2D eigenvalue weighted by Crippen LogP contribution is 2.57. The van der Waals surface area contributed by atoms with Gasteiger partial charge in [0.25, 0.3) is 0 Å². The van der Waals surface area contributed by atoms with Crippen molar-refractivity contribution in [3.05, 3.63) is 29.8 Å². The van der Waals surface area contributed by atoms with E-state index in [2.05, 4.69) is 36.3 Å². The van der Waals surface area contributed by atoms with E-state index in [1.54, 1.807) is 0 Å². The van der Waals surface area contributed by atoms with E-state index in [1.807, 2.05) is 23.9 Å². The van der Waals surface area contributed by atoms with Crippen LogP contribution in [0.2, 0.25) is 0 Å². The van der Waals surface area contributed by atoms with Gasteiger partial charge >= 0.3 is 0 Å². The second-order valence-electron chi connectivity index (χ2n) is 9.91. The molecule has 6 rings (SSSR count). The van der Waals surface area contributed by atoms with Crippen LogP contribution in [0.1, 0.15) is 57.4 Å². The topological polar surface area (TPSA) is 44.7 Å². The van der Waals surface area contributed by atoms with Crippen molar-refractivity contribution in [1.82, 2.24) is 4.90 Å². The second-order valence-corrected chi connectivity index (χ2v) is 10.9. The molecule has 1 saturated heterocycles. The molecule has 1 N–H and O–H groups in total. The van der Waals surface area contributed by atoms with Gasteiger partial charge in [0.15, 0.2) is 5.17 Å². The van der Waals surface area contributed by atoms with Crippen LogP contribution in [0.3, 0.4) is 0 Å². The average molecular weight is 412 g/mol. The predicted molar refractivity (Wildman–Crippen MR) is 121 cm³/mol. The number of thioether (sulfide) groups is 1. The molecule has 1 aromatic rings. The Morgan fingerprint density at radius 2 is 1.76 bits per heavy atom. The molecule has 5 aliphatic rings. The lowest BCUT2D eigenvalue weighted by Gasteiger charge is -2.55. The van der Waals surface area contributed by atoms with Crippen molar-refractivity contribution in [1.29, 1.82) is 0 Å². The first kappa shape index (κ1) is 19.5. The number of rotatable bonds is 5.